The minimum absolute atomic E-state index is 0.0335. The molecule has 0 saturated carbocycles. The largest absolute Gasteiger partial charge is 0.376 e. The van der Waals surface area contributed by atoms with Crippen LogP contribution in [0.1, 0.15) is 42.2 Å². The third-order valence-electron chi connectivity index (χ3n) is 4.71. The number of carbonyl (C=O) groups is 1. The Hall–Kier alpha value is -2.71. The normalized spacial score (nSPS) is 16.7. The van der Waals surface area contributed by atoms with Crippen LogP contribution in [0.4, 0.5) is 0 Å². The average molecular weight is 349 g/mol. The van der Waals surface area contributed by atoms with E-state index in [0.717, 1.165) is 30.6 Å². The van der Waals surface area contributed by atoms with E-state index in [4.69, 9.17) is 10.00 Å². The van der Waals surface area contributed by atoms with Gasteiger partial charge in [-0.2, -0.15) is 5.26 Å². The van der Waals surface area contributed by atoms with Gasteiger partial charge in [-0.25, -0.2) is 4.98 Å². The summed E-state index contributed by atoms with van der Waals surface area (Å²) in [7, 11) is 0. The maximum Gasteiger partial charge on any atom is 0.253 e. The van der Waals surface area contributed by atoms with Gasteiger partial charge in [0.25, 0.3) is 5.91 Å². The van der Waals surface area contributed by atoms with Crippen molar-refractivity contribution in [1.82, 2.24) is 9.88 Å². The lowest BCUT2D eigenvalue weighted by Gasteiger charge is -2.29. The molecule has 1 fully saturated rings. The Labute approximate surface area is 154 Å². The monoisotopic (exact) mass is 349 g/mol. The van der Waals surface area contributed by atoms with Gasteiger partial charge >= 0.3 is 0 Å². The molecule has 1 amide bonds. The molecule has 5 heteroatoms. The Morgan fingerprint density at radius 3 is 2.58 bits per heavy atom. The van der Waals surface area contributed by atoms with Crippen molar-refractivity contribution >= 4 is 5.91 Å². The number of hydrogen-bond acceptors (Lipinski definition) is 4. The summed E-state index contributed by atoms with van der Waals surface area (Å²) in [6, 6.07) is 13.1. The number of rotatable bonds is 5. The fourth-order valence-electron chi connectivity index (χ4n) is 3.17. The zero-order valence-corrected chi connectivity index (χ0v) is 15.0. The molecule has 1 aromatic carbocycles. The Bertz CT molecular complexity index is 772. The Morgan fingerprint density at radius 2 is 2.00 bits per heavy atom. The Morgan fingerprint density at radius 1 is 1.23 bits per heavy atom. The molecule has 0 radical (unpaired) electrons. The van der Waals surface area contributed by atoms with Gasteiger partial charge in [-0.1, -0.05) is 12.1 Å². The second-order valence-corrected chi connectivity index (χ2v) is 6.45. The molecule has 3 rings (SSSR count). The van der Waals surface area contributed by atoms with Crippen molar-refractivity contribution in [2.24, 2.45) is 0 Å². The van der Waals surface area contributed by atoms with Gasteiger partial charge in [-0.3, -0.25) is 4.79 Å². The van der Waals surface area contributed by atoms with E-state index in [9.17, 15) is 4.79 Å². The third kappa shape index (κ3) is 4.27. The van der Waals surface area contributed by atoms with Crippen LogP contribution in [0.2, 0.25) is 0 Å². The number of amides is 1. The molecule has 1 atom stereocenters. The third-order valence-corrected chi connectivity index (χ3v) is 4.71. The average Bonchev–Trinajstić information content (AvgIpc) is 2.72. The van der Waals surface area contributed by atoms with Crippen molar-refractivity contribution in [3.05, 3.63) is 53.9 Å². The van der Waals surface area contributed by atoms with Crippen LogP contribution in [0.15, 0.2) is 42.6 Å². The molecule has 1 saturated heterocycles. The highest BCUT2D eigenvalue weighted by atomic mass is 16.5. The predicted octanol–water partition coefficient (Wildman–Crippen LogP) is 3.65. The summed E-state index contributed by atoms with van der Waals surface area (Å²) in [6.45, 7) is 4.11. The zero-order valence-electron chi connectivity index (χ0n) is 15.0. The van der Waals surface area contributed by atoms with Gasteiger partial charge in [0.1, 0.15) is 11.8 Å². The highest BCUT2D eigenvalue weighted by Crippen LogP contribution is 2.20. The molecule has 1 aliphatic heterocycles. The maximum atomic E-state index is 12.8. The van der Waals surface area contributed by atoms with Crippen molar-refractivity contribution in [1.29, 1.82) is 5.26 Å². The van der Waals surface area contributed by atoms with Crippen molar-refractivity contribution in [2.75, 3.05) is 19.7 Å². The Kier molecular flexibility index (Phi) is 5.98. The number of benzene rings is 1. The van der Waals surface area contributed by atoms with Crippen molar-refractivity contribution < 1.29 is 9.53 Å². The van der Waals surface area contributed by atoms with E-state index in [2.05, 4.69) is 4.98 Å². The summed E-state index contributed by atoms with van der Waals surface area (Å²) in [5.41, 5.74) is 2.96. The van der Waals surface area contributed by atoms with E-state index >= 15 is 0 Å². The SMILES string of the molecule is CCN(CC1CCCCO1)C(=O)c1ccc(-c2ccc(C#N)nc2)cc1. The highest BCUT2D eigenvalue weighted by Gasteiger charge is 2.21. The van der Waals surface area contributed by atoms with E-state index in [0.29, 0.717) is 24.3 Å². The summed E-state index contributed by atoms with van der Waals surface area (Å²) < 4.78 is 5.77. The molecule has 5 nitrogen and oxygen atoms in total. The molecule has 0 spiro atoms. The van der Waals surface area contributed by atoms with E-state index in [1.54, 1.807) is 12.3 Å². The minimum Gasteiger partial charge on any atom is -0.376 e. The maximum absolute atomic E-state index is 12.8. The molecule has 1 aliphatic rings. The standard InChI is InChI=1S/C21H23N3O2/c1-2-24(15-20-5-3-4-12-26-20)21(25)17-8-6-16(7-9-17)18-10-11-19(13-22)23-14-18/h6-11,14,20H,2-5,12,15H2,1H3. The lowest BCUT2D eigenvalue weighted by Crippen LogP contribution is -2.39. The van der Waals surface area contributed by atoms with Crippen molar-refractivity contribution in [2.45, 2.75) is 32.3 Å². The van der Waals surface area contributed by atoms with E-state index in [-0.39, 0.29) is 12.0 Å². The number of hydrogen-bond donors (Lipinski definition) is 0. The smallest absolute Gasteiger partial charge is 0.253 e. The molecule has 26 heavy (non-hydrogen) atoms. The summed E-state index contributed by atoms with van der Waals surface area (Å²) >= 11 is 0. The quantitative estimate of drug-likeness (QED) is 0.826. The summed E-state index contributed by atoms with van der Waals surface area (Å²) in [4.78, 5) is 18.7. The molecule has 0 bridgehead atoms. The summed E-state index contributed by atoms with van der Waals surface area (Å²) in [6.07, 6.45) is 5.13. The number of likely N-dealkylation sites (N-methyl/N-ethyl adjacent to an activating group) is 1. The molecule has 0 N–H and O–H groups in total. The number of ether oxygens (including phenoxy) is 1. The number of aromatic nitrogens is 1. The van der Waals surface area contributed by atoms with Crippen LogP contribution >= 0.6 is 0 Å². The van der Waals surface area contributed by atoms with Gasteiger partial charge in [0.2, 0.25) is 0 Å². The topological polar surface area (TPSA) is 66.2 Å². The van der Waals surface area contributed by atoms with Crippen LogP contribution in [0.3, 0.4) is 0 Å². The van der Waals surface area contributed by atoms with E-state index in [1.165, 1.54) is 6.42 Å². The molecule has 134 valence electrons. The van der Waals surface area contributed by atoms with Gasteiger partial charge in [-0.15, -0.1) is 0 Å². The van der Waals surface area contributed by atoms with Crippen LogP contribution in [0.5, 0.6) is 0 Å². The fourth-order valence-corrected chi connectivity index (χ4v) is 3.17. The second kappa shape index (κ2) is 8.59. The van der Waals surface area contributed by atoms with Gasteiger partial charge in [-0.05, 0) is 56.0 Å². The number of carbonyl (C=O) groups excluding carboxylic acids is 1. The first kappa shape index (κ1) is 18.1. The molecular weight excluding hydrogens is 326 g/mol. The van der Waals surface area contributed by atoms with Gasteiger partial charge in [0.15, 0.2) is 0 Å². The Balaban J connectivity index is 1.69. The zero-order chi connectivity index (χ0) is 18.4. The van der Waals surface area contributed by atoms with Crippen LogP contribution in [0, 0.1) is 11.3 Å². The molecule has 1 unspecified atom stereocenters. The van der Waals surface area contributed by atoms with Crippen molar-refractivity contribution in [3.8, 4) is 17.2 Å². The first-order valence-corrected chi connectivity index (χ1v) is 9.08. The first-order valence-electron chi connectivity index (χ1n) is 9.08. The van der Waals surface area contributed by atoms with Gasteiger partial charge < -0.3 is 9.64 Å². The van der Waals surface area contributed by atoms with E-state index in [1.807, 2.05) is 48.2 Å². The molecule has 1 aromatic heterocycles. The van der Waals surface area contributed by atoms with Crippen LogP contribution in [0.25, 0.3) is 11.1 Å². The number of pyridine rings is 1. The van der Waals surface area contributed by atoms with Crippen molar-refractivity contribution in [3.63, 3.8) is 0 Å². The summed E-state index contributed by atoms with van der Waals surface area (Å²) in [5, 5.41) is 8.83. The lowest BCUT2D eigenvalue weighted by molar-refractivity contribution is -0.00311. The van der Waals surface area contributed by atoms with Gasteiger partial charge in [0.05, 0.1) is 6.10 Å². The van der Waals surface area contributed by atoms with E-state index < -0.39 is 0 Å². The minimum atomic E-state index is 0.0335. The first-order chi connectivity index (χ1) is 12.7. The predicted molar refractivity (Wildman–Crippen MR) is 99.6 cm³/mol. The fraction of sp³-hybridized carbons (Fsp3) is 0.381. The molecule has 0 aliphatic carbocycles. The summed E-state index contributed by atoms with van der Waals surface area (Å²) in [5.74, 6) is 0.0335. The highest BCUT2D eigenvalue weighted by molar-refractivity contribution is 5.94. The molecule has 2 aromatic rings. The van der Waals surface area contributed by atoms with Crippen LogP contribution in [-0.4, -0.2) is 41.6 Å². The molecular formula is C21H23N3O2. The van der Waals surface area contributed by atoms with Gasteiger partial charge in [0, 0.05) is 37.0 Å². The number of nitriles is 1. The van der Waals surface area contributed by atoms with Crippen LogP contribution < -0.4 is 0 Å². The van der Waals surface area contributed by atoms with Crippen LogP contribution in [-0.2, 0) is 4.74 Å². The number of nitrogens with zero attached hydrogens (tertiary/aromatic N) is 3. The molecule has 2 heterocycles. The lowest BCUT2D eigenvalue weighted by atomic mass is 10.0. The second-order valence-electron chi connectivity index (χ2n) is 6.45.